The van der Waals surface area contributed by atoms with Crippen LogP contribution in [-0.2, 0) is 9.53 Å². The molecule has 0 heterocycles. The van der Waals surface area contributed by atoms with Gasteiger partial charge in [0.25, 0.3) is 0 Å². The number of carbonyl (C=O) groups excluding carboxylic acids is 1. The second kappa shape index (κ2) is 24.7. The topological polar surface area (TPSA) is 26.3 Å². The van der Waals surface area contributed by atoms with Crippen molar-refractivity contribution in [3.63, 3.8) is 0 Å². The Labute approximate surface area is 190 Å². The standard InChI is InChI=1S/C28H56O2/c1-4-7-10-13-16-17-19-22-25-27(24-21-18-14-11-8-5-2)28(29)30-26-23-20-15-12-9-6-3/h27H,4-26H2,1-3H3. The lowest BCUT2D eigenvalue weighted by Crippen LogP contribution is -2.18. The number of hydrogen-bond acceptors (Lipinski definition) is 2. The van der Waals surface area contributed by atoms with E-state index in [2.05, 4.69) is 20.8 Å². The highest BCUT2D eigenvalue weighted by Gasteiger charge is 2.19. The normalized spacial score (nSPS) is 12.2. The van der Waals surface area contributed by atoms with Crippen molar-refractivity contribution in [1.29, 1.82) is 0 Å². The van der Waals surface area contributed by atoms with Gasteiger partial charge in [-0.15, -0.1) is 0 Å². The molecule has 1 unspecified atom stereocenters. The Kier molecular flexibility index (Phi) is 24.3. The smallest absolute Gasteiger partial charge is 0.308 e. The number of ether oxygens (including phenoxy) is 1. The lowest BCUT2D eigenvalue weighted by Gasteiger charge is -2.16. The van der Waals surface area contributed by atoms with Gasteiger partial charge in [0.2, 0.25) is 0 Å². The van der Waals surface area contributed by atoms with E-state index in [1.165, 1.54) is 122 Å². The number of carbonyl (C=O) groups is 1. The van der Waals surface area contributed by atoms with Crippen LogP contribution in [-0.4, -0.2) is 12.6 Å². The molecule has 30 heavy (non-hydrogen) atoms. The highest BCUT2D eigenvalue weighted by atomic mass is 16.5. The van der Waals surface area contributed by atoms with E-state index in [1.54, 1.807) is 0 Å². The molecule has 0 aromatic rings. The van der Waals surface area contributed by atoms with Gasteiger partial charge in [-0.2, -0.15) is 0 Å². The third-order valence-electron chi connectivity index (χ3n) is 6.39. The first kappa shape index (κ1) is 29.5. The maximum Gasteiger partial charge on any atom is 0.308 e. The van der Waals surface area contributed by atoms with Gasteiger partial charge in [0, 0.05) is 0 Å². The fourth-order valence-corrected chi connectivity index (χ4v) is 4.25. The zero-order chi connectivity index (χ0) is 22.1. The molecule has 0 spiro atoms. The highest BCUT2D eigenvalue weighted by Crippen LogP contribution is 2.21. The number of rotatable bonds is 24. The summed E-state index contributed by atoms with van der Waals surface area (Å²) in [4.78, 5) is 12.7. The van der Waals surface area contributed by atoms with Gasteiger partial charge >= 0.3 is 5.97 Å². The van der Waals surface area contributed by atoms with Crippen LogP contribution >= 0.6 is 0 Å². The van der Waals surface area contributed by atoms with Crippen LogP contribution < -0.4 is 0 Å². The van der Waals surface area contributed by atoms with E-state index in [1.807, 2.05) is 0 Å². The average molecular weight is 425 g/mol. The summed E-state index contributed by atoms with van der Waals surface area (Å²) in [6.45, 7) is 7.42. The largest absolute Gasteiger partial charge is 0.465 e. The number of esters is 1. The molecule has 2 nitrogen and oxygen atoms in total. The summed E-state index contributed by atoms with van der Waals surface area (Å²) >= 11 is 0. The van der Waals surface area contributed by atoms with E-state index in [-0.39, 0.29) is 11.9 Å². The van der Waals surface area contributed by atoms with Crippen molar-refractivity contribution in [2.45, 2.75) is 162 Å². The summed E-state index contributed by atoms with van der Waals surface area (Å²) in [5, 5.41) is 0. The molecule has 180 valence electrons. The van der Waals surface area contributed by atoms with Crippen LogP contribution in [0.5, 0.6) is 0 Å². The maximum absolute atomic E-state index is 12.7. The van der Waals surface area contributed by atoms with Crippen molar-refractivity contribution in [2.75, 3.05) is 6.61 Å². The fraction of sp³-hybridized carbons (Fsp3) is 0.964. The summed E-state index contributed by atoms with van der Waals surface area (Å²) in [6.07, 6.45) is 28.0. The molecule has 0 bridgehead atoms. The quantitative estimate of drug-likeness (QED) is 0.114. The first-order valence-electron chi connectivity index (χ1n) is 13.9. The van der Waals surface area contributed by atoms with Gasteiger partial charge in [0.1, 0.15) is 0 Å². The molecule has 1 atom stereocenters. The van der Waals surface area contributed by atoms with E-state index in [4.69, 9.17) is 4.74 Å². The Balaban J connectivity index is 4.02. The van der Waals surface area contributed by atoms with Crippen LogP contribution in [0.2, 0.25) is 0 Å². The van der Waals surface area contributed by atoms with Gasteiger partial charge in [0.05, 0.1) is 12.5 Å². The molecule has 0 N–H and O–H groups in total. The zero-order valence-corrected chi connectivity index (χ0v) is 21.2. The molecule has 0 aliphatic rings. The van der Waals surface area contributed by atoms with Crippen molar-refractivity contribution in [3.8, 4) is 0 Å². The van der Waals surface area contributed by atoms with Crippen LogP contribution in [0.1, 0.15) is 162 Å². The Hall–Kier alpha value is -0.530. The third kappa shape index (κ3) is 20.7. The Morgan fingerprint density at radius 3 is 1.23 bits per heavy atom. The first-order valence-corrected chi connectivity index (χ1v) is 13.9. The minimum atomic E-state index is 0.0973. The SMILES string of the molecule is CCCCCCCCCCC(CCCCCCCC)C(=O)OCCCCCCCC. The summed E-state index contributed by atoms with van der Waals surface area (Å²) in [5.41, 5.74) is 0. The summed E-state index contributed by atoms with van der Waals surface area (Å²) in [7, 11) is 0. The van der Waals surface area contributed by atoms with Crippen LogP contribution in [0, 0.1) is 5.92 Å². The summed E-state index contributed by atoms with van der Waals surface area (Å²) in [5.74, 6) is 0.247. The predicted octanol–water partition coefficient (Wildman–Crippen LogP) is 9.79. The molecule has 0 radical (unpaired) electrons. The Bertz CT molecular complexity index is 340. The number of hydrogen-bond donors (Lipinski definition) is 0. The molecule has 0 rings (SSSR count). The molecule has 0 fully saturated rings. The van der Waals surface area contributed by atoms with E-state index in [0.29, 0.717) is 6.61 Å². The third-order valence-corrected chi connectivity index (χ3v) is 6.39. The molecule has 2 heteroatoms. The van der Waals surface area contributed by atoms with Gasteiger partial charge in [-0.25, -0.2) is 0 Å². The van der Waals surface area contributed by atoms with Crippen molar-refractivity contribution in [1.82, 2.24) is 0 Å². The van der Waals surface area contributed by atoms with Crippen LogP contribution in [0.15, 0.2) is 0 Å². The van der Waals surface area contributed by atoms with Gasteiger partial charge in [-0.1, -0.05) is 143 Å². The second-order valence-electron chi connectivity index (χ2n) is 9.45. The molecular weight excluding hydrogens is 368 g/mol. The Morgan fingerprint density at radius 2 is 0.833 bits per heavy atom. The molecule has 0 saturated heterocycles. The van der Waals surface area contributed by atoms with E-state index >= 15 is 0 Å². The van der Waals surface area contributed by atoms with Crippen LogP contribution in [0.3, 0.4) is 0 Å². The van der Waals surface area contributed by atoms with E-state index in [0.717, 1.165) is 19.3 Å². The van der Waals surface area contributed by atoms with Gasteiger partial charge in [0.15, 0.2) is 0 Å². The summed E-state index contributed by atoms with van der Waals surface area (Å²) in [6, 6.07) is 0. The molecule has 0 amide bonds. The first-order chi connectivity index (χ1) is 14.8. The second-order valence-corrected chi connectivity index (χ2v) is 9.45. The monoisotopic (exact) mass is 424 g/mol. The highest BCUT2D eigenvalue weighted by molar-refractivity contribution is 5.72. The maximum atomic E-state index is 12.7. The van der Waals surface area contributed by atoms with Gasteiger partial charge in [-0.3, -0.25) is 4.79 Å². The Morgan fingerprint density at radius 1 is 0.500 bits per heavy atom. The molecular formula is C28H56O2. The van der Waals surface area contributed by atoms with Crippen LogP contribution in [0.25, 0.3) is 0 Å². The van der Waals surface area contributed by atoms with Crippen molar-refractivity contribution in [3.05, 3.63) is 0 Å². The summed E-state index contributed by atoms with van der Waals surface area (Å²) < 4.78 is 5.69. The van der Waals surface area contributed by atoms with Gasteiger partial charge < -0.3 is 4.74 Å². The average Bonchev–Trinajstić information content (AvgIpc) is 2.75. The molecule has 0 aliphatic heterocycles. The van der Waals surface area contributed by atoms with Crippen LogP contribution in [0.4, 0.5) is 0 Å². The minimum absolute atomic E-state index is 0.0973. The predicted molar refractivity (Wildman–Crippen MR) is 133 cm³/mol. The number of unbranched alkanes of at least 4 members (excludes halogenated alkanes) is 17. The van der Waals surface area contributed by atoms with Gasteiger partial charge in [-0.05, 0) is 19.3 Å². The molecule has 0 aliphatic carbocycles. The molecule has 0 saturated carbocycles. The van der Waals surface area contributed by atoms with Crippen molar-refractivity contribution >= 4 is 5.97 Å². The molecule has 0 aromatic carbocycles. The van der Waals surface area contributed by atoms with E-state index in [9.17, 15) is 4.79 Å². The van der Waals surface area contributed by atoms with Crippen molar-refractivity contribution in [2.24, 2.45) is 5.92 Å². The minimum Gasteiger partial charge on any atom is -0.465 e. The fourth-order valence-electron chi connectivity index (χ4n) is 4.25. The lowest BCUT2D eigenvalue weighted by atomic mass is 9.94. The van der Waals surface area contributed by atoms with Crippen molar-refractivity contribution < 1.29 is 9.53 Å². The van der Waals surface area contributed by atoms with E-state index < -0.39 is 0 Å². The zero-order valence-electron chi connectivity index (χ0n) is 21.2. The lowest BCUT2D eigenvalue weighted by molar-refractivity contribution is -0.149. The molecule has 0 aromatic heterocycles.